The topological polar surface area (TPSA) is 64.0 Å². The number of carbonyl (C=O) groups excluding carboxylic acids is 1. The van der Waals surface area contributed by atoms with Gasteiger partial charge in [0.2, 0.25) is 11.3 Å². The maximum Gasteiger partial charge on any atom is 0.241 e. The van der Waals surface area contributed by atoms with E-state index in [1.807, 2.05) is 6.07 Å². The number of para-hydroxylation sites is 1. The van der Waals surface area contributed by atoms with Crippen molar-refractivity contribution in [2.45, 2.75) is 24.9 Å². The second-order valence-corrected chi connectivity index (χ2v) is 6.25. The molecule has 1 saturated carbocycles. The summed E-state index contributed by atoms with van der Waals surface area (Å²) in [6.07, 6.45) is 2.02. The SMILES string of the molecule is O=C(Cn1ncc(=O)c2ccccc21)N[C@H]1C[C@@H]1c1cccc(F)c1. The normalized spacial score (nSPS) is 18.9. The molecule has 6 heteroatoms. The first kappa shape index (κ1) is 15.5. The van der Waals surface area contributed by atoms with Crippen LogP contribution in [0, 0.1) is 5.82 Å². The average Bonchev–Trinajstić information content (AvgIpc) is 3.37. The summed E-state index contributed by atoms with van der Waals surface area (Å²) in [7, 11) is 0. The lowest BCUT2D eigenvalue weighted by Gasteiger charge is -2.10. The summed E-state index contributed by atoms with van der Waals surface area (Å²) < 4.78 is 14.8. The molecule has 4 rings (SSSR count). The van der Waals surface area contributed by atoms with Crippen LogP contribution in [0.2, 0.25) is 0 Å². The van der Waals surface area contributed by atoms with Gasteiger partial charge in [-0.15, -0.1) is 0 Å². The Labute approximate surface area is 143 Å². The van der Waals surface area contributed by atoms with Crippen LogP contribution in [0.3, 0.4) is 0 Å². The fourth-order valence-corrected chi connectivity index (χ4v) is 3.14. The minimum atomic E-state index is -0.265. The quantitative estimate of drug-likeness (QED) is 0.794. The average molecular weight is 337 g/mol. The molecule has 1 heterocycles. The second kappa shape index (κ2) is 6.12. The second-order valence-electron chi connectivity index (χ2n) is 6.25. The number of halogens is 1. The number of nitrogens with one attached hydrogen (secondary N) is 1. The fraction of sp³-hybridized carbons (Fsp3) is 0.211. The summed E-state index contributed by atoms with van der Waals surface area (Å²) in [5.74, 6) is -0.290. The van der Waals surface area contributed by atoms with Gasteiger partial charge in [-0.25, -0.2) is 4.39 Å². The summed E-state index contributed by atoms with van der Waals surface area (Å²) in [6, 6.07) is 13.5. The maximum absolute atomic E-state index is 13.3. The predicted octanol–water partition coefficient (Wildman–Crippen LogP) is 2.21. The third kappa shape index (κ3) is 3.15. The molecular formula is C19H16FN3O2. The molecule has 0 unspecified atom stereocenters. The molecule has 1 fully saturated rings. The zero-order chi connectivity index (χ0) is 17.4. The third-order valence-electron chi connectivity index (χ3n) is 4.47. The predicted molar refractivity (Wildman–Crippen MR) is 91.7 cm³/mol. The van der Waals surface area contributed by atoms with E-state index in [9.17, 15) is 14.0 Å². The molecule has 0 bridgehead atoms. The van der Waals surface area contributed by atoms with Gasteiger partial charge in [0.25, 0.3) is 0 Å². The molecule has 0 spiro atoms. The van der Waals surface area contributed by atoms with E-state index in [1.54, 1.807) is 30.3 Å². The van der Waals surface area contributed by atoms with Gasteiger partial charge in [0.15, 0.2) is 0 Å². The smallest absolute Gasteiger partial charge is 0.241 e. The van der Waals surface area contributed by atoms with Crippen LogP contribution in [0.5, 0.6) is 0 Å². The van der Waals surface area contributed by atoms with Crippen molar-refractivity contribution in [2.75, 3.05) is 0 Å². The molecule has 1 aliphatic carbocycles. The molecule has 1 aliphatic rings. The molecule has 1 aromatic heterocycles. The van der Waals surface area contributed by atoms with E-state index in [0.29, 0.717) is 10.9 Å². The van der Waals surface area contributed by atoms with Crippen LogP contribution in [0.25, 0.3) is 10.9 Å². The zero-order valence-corrected chi connectivity index (χ0v) is 13.4. The van der Waals surface area contributed by atoms with Gasteiger partial charge >= 0.3 is 0 Å². The van der Waals surface area contributed by atoms with Gasteiger partial charge in [0.1, 0.15) is 12.4 Å². The van der Waals surface area contributed by atoms with Gasteiger partial charge in [-0.05, 0) is 36.2 Å². The highest BCUT2D eigenvalue weighted by molar-refractivity contribution is 5.81. The molecule has 2 aromatic carbocycles. The largest absolute Gasteiger partial charge is 0.351 e. The summed E-state index contributed by atoms with van der Waals surface area (Å²) >= 11 is 0. The number of hydrogen-bond donors (Lipinski definition) is 1. The van der Waals surface area contributed by atoms with Crippen LogP contribution < -0.4 is 10.7 Å². The van der Waals surface area contributed by atoms with Gasteiger partial charge < -0.3 is 5.32 Å². The van der Waals surface area contributed by atoms with Gasteiger partial charge in [-0.1, -0.05) is 24.3 Å². The summed E-state index contributed by atoms with van der Waals surface area (Å²) in [6.45, 7) is 0.0349. The Kier molecular flexibility index (Phi) is 3.80. The Balaban J connectivity index is 1.46. The van der Waals surface area contributed by atoms with E-state index >= 15 is 0 Å². The fourth-order valence-electron chi connectivity index (χ4n) is 3.14. The Morgan fingerprint density at radius 1 is 1.24 bits per heavy atom. The van der Waals surface area contributed by atoms with E-state index in [-0.39, 0.29) is 35.7 Å². The Morgan fingerprint density at radius 3 is 2.92 bits per heavy atom. The van der Waals surface area contributed by atoms with Crippen molar-refractivity contribution in [3.8, 4) is 0 Å². The number of carbonyl (C=O) groups is 1. The Bertz CT molecular complexity index is 1010. The van der Waals surface area contributed by atoms with E-state index in [0.717, 1.165) is 12.0 Å². The molecule has 126 valence electrons. The molecule has 2 atom stereocenters. The van der Waals surface area contributed by atoms with Crippen molar-refractivity contribution in [1.82, 2.24) is 15.1 Å². The number of hydrogen-bond acceptors (Lipinski definition) is 3. The van der Waals surface area contributed by atoms with Crippen LogP contribution in [0.15, 0.2) is 59.5 Å². The molecule has 1 amide bonds. The van der Waals surface area contributed by atoms with Gasteiger partial charge in [0, 0.05) is 17.3 Å². The molecule has 1 N–H and O–H groups in total. The first-order chi connectivity index (χ1) is 12.1. The number of rotatable bonds is 4. The maximum atomic E-state index is 13.3. The van der Waals surface area contributed by atoms with Crippen LogP contribution in [0.1, 0.15) is 17.9 Å². The van der Waals surface area contributed by atoms with Crippen molar-refractivity contribution >= 4 is 16.8 Å². The highest BCUT2D eigenvalue weighted by Crippen LogP contribution is 2.40. The standard InChI is InChI=1S/C19H16FN3O2/c20-13-5-3-4-12(8-13)15-9-16(15)22-19(25)11-23-17-7-2-1-6-14(17)18(24)10-21-23/h1-8,10,15-16H,9,11H2,(H,22,25)/t15-,16+/m1/s1. The summed E-state index contributed by atoms with van der Waals surface area (Å²) in [4.78, 5) is 24.1. The van der Waals surface area contributed by atoms with Crippen LogP contribution >= 0.6 is 0 Å². The number of nitrogens with zero attached hydrogens (tertiary/aromatic N) is 2. The van der Waals surface area contributed by atoms with Crippen LogP contribution in [-0.4, -0.2) is 21.7 Å². The van der Waals surface area contributed by atoms with Crippen LogP contribution in [0.4, 0.5) is 4.39 Å². The van der Waals surface area contributed by atoms with Gasteiger partial charge in [0.05, 0.1) is 11.7 Å². The number of fused-ring (bicyclic) bond motifs is 1. The summed E-state index contributed by atoms with van der Waals surface area (Å²) in [5.41, 5.74) is 1.36. The molecule has 0 saturated heterocycles. The minimum absolute atomic E-state index is 0.0138. The van der Waals surface area contributed by atoms with Crippen molar-refractivity contribution < 1.29 is 9.18 Å². The van der Waals surface area contributed by atoms with Crippen molar-refractivity contribution in [2.24, 2.45) is 0 Å². The molecule has 25 heavy (non-hydrogen) atoms. The first-order valence-electron chi connectivity index (χ1n) is 8.11. The van der Waals surface area contributed by atoms with Crippen molar-refractivity contribution in [3.63, 3.8) is 0 Å². The monoisotopic (exact) mass is 337 g/mol. The van der Waals surface area contributed by atoms with E-state index in [2.05, 4.69) is 10.4 Å². The molecule has 3 aromatic rings. The number of amides is 1. The molecular weight excluding hydrogens is 321 g/mol. The minimum Gasteiger partial charge on any atom is -0.351 e. The Morgan fingerprint density at radius 2 is 2.08 bits per heavy atom. The lowest BCUT2D eigenvalue weighted by atomic mass is 10.1. The van der Waals surface area contributed by atoms with Gasteiger partial charge in [-0.2, -0.15) is 5.10 Å². The van der Waals surface area contributed by atoms with Crippen molar-refractivity contribution in [1.29, 1.82) is 0 Å². The number of aromatic nitrogens is 2. The summed E-state index contributed by atoms with van der Waals surface area (Å²) in [5, 5.41) is 7.54. The zero-order valence-electron chi connectivity index (χ0n) is 13.4. The first-order valence-corrected chi connectivity index (χ1v) is 8.11. The lowest BCUT2D eigenvalue weighted by Crippen LogP contribution is -2.31. The third-order valence-corrected chi connectivity index (χ3v) is 4.47. The Hall–Kier alpha value is -3.02. The van der Waals surface area contributed by atoms with Crippen molar-refractivity contribution in [3.05, 3.63) is 76.3 Å². The van der Waals surface area contributed by atoms with E-state index < -0.39 is 0 Å². The molecule has 0 aliphatic heterocycles. The molecule has 5 nitrogen and oxygen atoms in total. The van der Waals surface area contributed by atoms with Gasteiger partial charge in [-0.3, -0.25) is 14.3 Å². The van der Waals surface area contributed by atoms with E-state index in [1.165, 1.54) is 23.0 Å². The highest BCUT2D eigenvalue weighted by Gasteiger charge is 2.39. The van der Waals surface area contributed by atoms with Crippen LogP contribution in [-0.2, 0) is 11.3 Å². The molecule has 0 radical (unpaired) electrons. The lowest BCUT2D eigenvalue weighted by molar-refractivity contribution is -0.121. The number of benzene rings is 2. The van der Waals surface area contributed by atoms with E-state index in [4.69, 9.17) is 0 Å². The highest BCUT2D eigenvalue weighted by atomic mass is 19.1.